The highest BCUT2D eigenvalue weighted by molar-refractivity contribution is 5.85. The minimum Gasteiger partial charge on any atom is -0.463 e. The van der Waals surface area contributed by atoms with Gasteiger partial charge < -0.3 is 24.7 Å². The molecule has 0 aliphatic heterocycles. The molecule has 2 unspecified atom stereocenters. The van der Waals surface area contributed by atoms with Crippen molar-refractivity contribution in [3.63, 3.8) is 0 Å². The van der Waals surface area contributed by atoms with Crippen molar-refractivity contribution >= 4 is 24.3 Å². The van der Waals surface area contributed by atoms with Gasteiger partial charge in [0.25, 0.3) is 11.1 Å². The molecule has 0 fully saturated rings. The number of aromatic nitrogens is 4. The van der Waals surface area contributed by atoms with Crippen LogP contribution in [0.25, 0.3) is 0 Å². The van der Waals surface area contributed by atoms with Gasteiger partial charge >= 0.3 is 23.3 Å². The molecule has 0 amide bonds. The molecular weight excluding hydrogens is 590 g/mol. The Morgan fingerprint density at radius 1 is 0.721 bits per heavy atom. The number of aryl methyl sites for hydroxylation is 2. The average Bonchev–Trinajstić information content (AvgIpc) is 2.92. The van der Waals surface area contributed by atoms with Gasteiger partial charge in [0, 0.05) is 23.5 Å². The van der Waals surface area contributed by atoms with Crippen molar-refractivity contribution in [3.05, 3.63) is 65.2 Å². The number of halogens is 1. The van der Waals surface area contributed by atoms with E-state index in [1.54, 1.807) is 13.8 Å². The normalized spacial score (nSPS) is 12.1. The number of nitrogens with two attached hydrogens (primary N) is 1. The van der Waals surface area contributed by atoms with Crippen molar-refractivity contribution in [2.24, 2.45) is 23.5 Å². The number of nitrogens with one attached hydrogen (secondary N) is 2. The monoisotopic (exact) mass is 633 g/mol. The minimum absolute atomic E-state index is 0. The molecule has 0 aliphatic rings. The molecule has 0 spiro atoms. The molecule has 0 aromatic carbocycles. The van der Waals surface area contributed by atoms with Crippen molar-refractivity contribution in [1.82, 2.24) is 19.1 Å². The van der Waals surface area contributed by atoms with Gasteiger partial charge in [0.15, 0.2) is 0 Å². The third kappa shape index (κ3) is 14.0. The molecule has 0 saturated heterocycles. The number of rotatable bonds is 14. The Morgan fingerprint density at radius 2 is 1.12 bits per heavy atom. The van der Waals surface area contributed by atoms with E-state index in [0.717, 1.165) is 0 Å². The second-order valence-electron chi connectivity index (χ2n) is 10.3. The van der Waals surface area contributed by atoms with Gasteiger partial charge in [-0.3, -0.25) is 38.3 Å². The first-order valence-corrected chi connectivity index (χ1v) is 13.5. The fraction of sp³-hybridized carbons (Fsp3) is 0.630. The number of esters is 2. The minimum atomic E-state index is -0.658. The van der Waals surface area contributed by atoms with E-state index in [2.05, 4.69) is 9.97 Å². The summed E-state index contributed by atoms with van der Waals surface area (Å²) in [6, 6.07) is -0.658. The largest absolute Gasteiger partial charge is 0.463 e. The standard InChI is InChI=1S/C14H22N2O5.C13H21N3O5.ClH/c1-9(2)11(4)13(18)21-6-5-20-8-16-7-10(3)12(17)15-14(16)19;1-8(2)10(14)12(18)21-5-4-20-7-16-6-9(3)11(17)15-13(16)19;/h7,9,11H,5-6,8H2,1-4H3,(H,15,17,19);6,8,10H,4-5,7,14H2,1-3H3,(H,15,17,19);1H. The van der Waals surface area contributed by atoms with Crippen LogP contribution in [0.5, 0.6) is 0 Å². The summed E-state index contributed by atoms with van der Waals surface area (Å²) in [6.45, 7) is 13.0. The van der Waals surface area contributed by atoms with Crippen LogP contribution in [-0.4, -0.2) is 63.5 Å². The van der Waals surface area contributed by atoms with Crippen LogP contribution in [0.4, 0.5) is 0 Å². The van der Waals surface area contributed by atoms with Gasteiger partial charge in [-0.1, -0.05) is 34.6 Å². The molecule has 15 nitrogen and oxygen atoms in total. The Balaban J connectivity index is 0.000000802. The molecule has 16 heteroatoms. The number of carbonyl (C=O) groups excluding carboxylic acids is 2. The van der Waals surface area contributed by atoms with Gasteiger partial charge in [0.05, 0.1) is 19.1 Å². The fourth-order valence-electron chi connectivity index (χ4n) is 2.93. The molecule has 4 N–H and O–H groups in total. The summed E-state index contributed by atoms with van der Waals surface area (Å²) in [7, 11) is 0. The molecule has 0 saturated carbocycles. The second kappa shape index (κ2) is 19.6. The topological polar surface area (TPSA) is 207 Å². The maximum atomic E-state index is 11.6. The number of ether oxygens (including phenoxy) is 4. The predicted octanol–water partition coefficient (Wildman–Crippen LogP) is 0.422. The van der Waals surface area contributed by atoms with Crippen LogP contribution in [0.1, 0.15) is 45.7 Å². The van der Waals surface area contributed by atoms with E-state index < -0.39 is 34.5 Å². The molecule has 244 valence electrons. The molecule has 0 aliphatic carbocycles. The highest BCUT2D eigenvalue weighted by atomic mass is 35.5. The number of carbonyl (C=O) groups is 2. The maximum absolute atomic E-state index is 11.6. The smallest absolute Gasteiger partial charge is 0.330 e. The Morgan fingerprint density at radius 3 is 1.49 bits per heavy atom. The Kier molecular flexibility index (Phi) is 18.0. The van der Waals surface area contributed by atoms with Crippen molar-refractivity contribution in [2.45, 2.75) is 68.0 Å². The Bertz CT molecular complexity index is 1290. The summed E-state index contributed by atoms with van der Waals surface area (Å²) >= 11 is 0. The number of nitrogens with zero attached hydrogens (tertiary/aromatic N) is 2. The summed E-state index contributed by atoms with van der Waals surface area (Å²) in [5.41, 5.74) is 4.54. The average molecular weight is 634 g/mol. The molecule has 2 aromatic heterocycles. The molecule has 0 bridgehead atoms. The van der Waals surface area contributed by atoms with Crippen LogP contribution >= 0.6 is 12.4 Å². The van der Waals surface area contributed by atoms with Crippen LogP contribution in [0.3, 0.4) is 0 Å². The zero-order valence-electron chi connectivity index (χ0n) is 25.7. The first kappa shape index (κ1) is 39.5. The molecular formula is C27H44ClN5O10. The van der Waals surface area contributed by atoms with Gasteiger partial charge in [0.2, 0.25) is 0 Å². The zero-order valence-corrected chi connectivity index (χ0v) is 26.5. The van der Waals surface area contributed by atoms with E-state index in [-0.39, 0.29) is 76.0 Å². The molecule has 2 atom stereocenters. The predicted molar refractivity (Wildman–Crippen MR) is 160 cm³/mol. The summed E-state index contributed by atoms with van der Waals surface area (Å²) in [5.74, 6) is -0.673. The van der Waals surface area contributed by atoms with Gasteiger partial charge in [-0.25, -0.2) is 9.59 Å². The molecule has 2 rings (SSSR count). The van der Waals surface area contributed by atoms with Gasteiger partial charge in [0.1, 0.15) is 32.7 Å². The highest BCUT2D eigenvalue weighted by Gasteiger charge is 2.19. The number of hydrogen-bond donors (Lipinski definition) is 3. The number of aromatic amines is 2. The second-order valence-corrected chi connectivity index (χ2v) is 10.3. The Hall–Kier alpha value is -3.53. The summed E-state index contributed by atoms with van der Waals surface area (Å²) < 4.78 is 22.9. The summed E-state index contributed by atoms with van der Waals surface area (Å²) in [5, 5.41) is 0. The van der Waals surface area contributed by atoms with Crippen LogP contribution in [0, 0.1) is 31.6 Å². The summed E-state index contributed by atoms with van der Waals surface area (Å²) in [4.78, 5) is 72.7. The van der Waals surface area contributed by atoms with E-state index in [9.17, 15) is 28.8 Å². The molecule has 2 heterocycles. The number of H-pyrrole nitrogens is 2. The quantitative estimate of drug-likeness (QED) is 0.192. The van der Waals surface area contributed by atoms with Gasteiger partial charge in [-0.15, -0.1) is 12.4 Å². The van der Waals surface area contributed by atoms with Crippen LogP contribution < -0.4 is 28.2 Å². The fourth-order valence-corrected chi connectivity index (χ4v) is 2.93. The van der Waals surface area contributed by atoms with Crippen molar-refractivity contribution in [1.29, 1.82) is 0 Å². The zero-order chi connectivity index (χ0) is 32.0. The first-order valence-electron chi connectivity index (χ1n) is 13.5. The lowest BCUT2D eigenvalue weighted by molar-refractivity contribution is -0.151. The third-order valence-electron chi connectivity index (χ3n) is 6.14. The maximum Gasteiger partial charge on any atom is 0.330 e. The van der Waals surface area contributed by atoms with Crippen LogP contribution in [-0.2, 0) is 42.0 Å². The lowest BCUT2D eigenvalue weighted by Gasteiger charge is -2.14. The molecule has 43 heavy (non-hydrogen) atoms. The Labute approximate surface area is 255 Å². The number of hydrogen-bond acceptors (Lipinski definition) is 11. The molecule has 2 aromatic rings. The van der Waals surface area contributed by atoms with Crippen molar-refractivity contribution < 1.29 is 28.5 Å². The van der Waals surface area contributed by atoms with Crippen molar-refractivity contribution in [3.8, 4) is 0 Å². The van der Waals surface area contributed by atoms with Crippen molar-refractivity contribution in [2.75, 3.05) is 26.4 Å². The van der Waals surface area contributed by atoms with E-state index >= 15 is 0 Å². The van der Waals surface area contributed by atoms with Crippen LogP contribution in [0.2, 0.25) is 0 Å². The third-order valence-corrected chi connectivity index (χ3v) is 6.14. The lowest BCUT2D eigenvalue weighted by atomic mass is 9.99. The SMILES string of the molecule is Cc1cn(COCCOC(=O)C(C)C(C)C)c(=O)[nH]c1=O.Cc1cn(COCCOC(=O)C(N)C(C)C)c(=O)[nH]c1=O.Cl. The highest BCUT2D eigenvalue weighted by Crippen LogP contribution is 2.11. The molecule has 0 radical (unpaired) electrons. The van der Waals surface area contributed by atoms with E-state index in [1.165, 1.54) is 21.5 Å². The van der Waals surface area contributed by atoms with E-state index in [1.807, 2.05) is 34.6 Å². The van der Waals surface area contributed by atoms with E-state index in [0.29, 0.717) is 11.1 Å². The van der Waals surface area contributed by atoms with Gasteiger partial charge in [-0.05, 0) is 25.7 Å². The van der Waals surface area contributed by atoms with Crippen LogP contribution in [0.15, 0.2) is 31.6 Å². The lowest BCUT2D eigenvalue weighted by Crippen LogP contribution is -2.37. The van der Waals surface area contributed by atoms with E-state index in [4.69, 9.17) is 24.7 Å². The van der Waals surface area contributed by atoms with Gasteiger partial charge in [-0.2, -0.15) is 0 Å². The first-order chi connectivity index (χ1) is 19.6. The summed E-state index contributed by atoms with van der Waals surface area (Å²) in [6.07, 6.45) is 2.83.